The molecule has 1 aromatic carbocycles. The number of carbonyl (C=O) groups is 1. The van der Waals surface area contributed by atoms with Gasteiger partial charge in [0.1, 0.15) is 12.4 Å². The van der Waals surface area contributed by atoms with Crippen molar-refractivity contribution in [3.05, 3.63) is 60.7 Å². The maximum Gasteiger partial charge on any atom is 0.407 e. The van der Waals surface area contributed by atoms with Crippen LogP contribution in [0.1, 0.15) is 90.2 Å². The minimum atomic E-state index is -0.508. The molecule has 5 nitrogen and oxygen atoms in total. The molecule has 0 atom stereocenters. The van der Waals surface area contributed by atoms with Crippen molar-refractivity contribution < 1.29 is 14.1 Å². The number of allylic oxidation sites excluding steroid dienone is 1. The Kier molecular flexibility index (Phi) is 11.2. The molecule has 0 aliphatic heterocycles. The van der Waals surface area contributed by atoms with Crippen LogP contribution in [0.3, 0.4) is 0 Å². The normalized spacial score (nSPS) is 11.4. The monoisotopic (exact) mass is 454 g/mol. The summed E-state index contributed by atoms with van der Waals surface area (Å²) in [6.45, 7) is 14.8. The third kappa shape index (κ3) is 9.85. The van der Waals surface area contributed by atoms with E-state index in [1.807, 2.05) is 39.0 Å². The number of rotatable bonds is 15. The van der Waals surface area contributed by atoms with Crippen molar-refractivity contribution in [1.82, 2.24) is 9.88 Å². The molecule has 2 aromatic rings. The molecule has 1 aromatic heterocycles. The van der Waals surface area contributed by atoms with Crippen LogP contribution in [0.25, 0.3) is 5.57 Å². The second-order valence-corrected chi connectivity index (χ2v) is 9.61. The topological polar surface area (TPSA) is 47.1 Å². The van der Waals surface area contributed by atoms with E-state index >= 15 is 0 Å². The number of imidazole rings is 1. The molecule has 33 heavy (non-hydrogen) atoms. The molecule has 0 bridgehead atoms. The van der Waals surface area contributed by atoms with Crippen molar-refractivity contribution in [1.29, 1.82) is 0 Å². The predicted octanol–water partition coefficient (Wildman–Crippen LogP) is 6.61. The van der Waals surface area contributed by atoms with E-state index in [9.17, 15) is 4.79 Å². The van der Waals surface area contributed by atoms with Gasteiger partial charge in [0.15, 0.2) is 0 Å². The molecular weight excluding hydrogens is 410 g/mol. The molecule has 5 heteroatoms. The molecule has 0 saturated carbocycles. The van der Waals surface area contributed by atoms with Gasteiger partial charge in [-0.25, -0.2) is 13.9 Å². The molecule has 1 N–H and O–H groups in total. The van der Waals surface area contributed by atoms with Crippen LogP contribution in [0.2, 0.25) is 0 Å². The van der Waals surface area contributed by atoms with Gasteiger partial charge in [-0.15, -0.1) is 0 Å². The van der Waals surface area contributed by atoms with E-state index in [0.29, 0.717) is 6.61 Å². The van der Waals surface area contributed by atoms with Crippen molar-refractivity contribution in [3.8, 4) is 0 Å². The lowest BCUT2D eigenvalue weighted by Gasteiger charge is -2.27. The van der Waals surface area contributed by atoms with Crippen molar-refractivity contribution >= 4 is 11.7 Å². The first-order valence-electron chi connectivity index (χ1n) is 12.6. The summed E-state index contributed by atoms with van der Waals surface area (Å²) in [7, 11) is 0. The van der Waals surface area contributed by atoms with Gasteiger partial charge in [0, 0.05) is 0 Å². The third-order valence-corrected chi connectivity index (χ3v) is 6.05. The van der Waals surface area contributed by atoms with E-state index in [4.69, 9.17) is 4.74 Å². The number of amides is 1. The summed E-state index contributed by atoms with van der Waals surface area (Å²) in [4.78, 5) is 12.3. The Bertz CT molecular complexity index is 870. The second kappa shape index (κ2) is 13.9. The molecule has 2 rings (SSSR count). The van der Waals surface area contributed by atoms with Gasteiger partial charge in [-0.3, -0.25) is 0 Å². The maximum absolute atomic E-state index is 12.3. The number of carbonyl (C=O) groups excluding carboxylic acids is 1. The van der Waals surface area contributed by atoms with Gasteiger partial charge in [0.2, 0.25) is 6.33 Å². The molecule has 0 radical (unpaired) electrons. The van der Waals surface area contributed by atoms with Gasteiger partial charge < -0.3 is 10.1 Å². The minimum Gasteiger partial charge on any atom is -0.450 e. The Morgan fingerprint density at radius 1 is 1.12 bits per heavy atom. The molecular formula is C28H44N3O2+. The number of aryl methyl sites for hydroxylation is 2. The third-order valence-electron chi connectivity index (χ3n) is 6.05. The lowest BCUT2D eigenvalue weighted by Crippen LogP contribution is -2.41. The molecule has 182 valence electrons. The summed E-state index contributed by atoms with van der Waals surface area (Å²) < 4.78 is 9.99. The van der Waals surface area contributed by atoms with E-state index < -0.39 is 5.54 Å². The largest absolute Gasteiger partial charge is 0.450 e. The fourth-order valence-corrected chi connectivity index (χ4v) is 3.88. The number of aromatic nitrogens is 2. The number of nitrogens with one attached hydrogen (secondary N) is 1. The summed E-state index contributed by atoms with van der Waals surface area (Å²) >= 11 is 0. The van der Waals surface area contributed by atoms with Crippen LogP contribution in [0.4, 0.5) is 4.79 Å². The number of benzene rings is 1. The molecule has 0 spiro atoms. The number of unbranched alkanes of at least 4 members (excludes halogenated alkanes) is 6. The quantitative estimate of drug-likeness (QED) is 0.243. The van der Waals surface area contributed by atoms with Crippen LogP contribution in [0, 0.1) is 0 Å². The van der Waals surface area contributed by atoms with Gasteiger partial charge in [0.25, 0.3) is 0 Å². The van der Waals surface area contributed by atoms with E-state index in [1.165, 1.54) is 25.7 Å². The standard InChI is InChI=1S/C28H43N3O2/c1-6-7-8-11-17-30-19-20-31(23-30)18-12-9-10-13-21-33-27(32)29-28(4,5)26-16-14-15-25(22-26)24(2)3/h14-16,19-20,22-23H,2,6-13,17-18,21H2,1,3-5H3/p+1. The van der Waals surface area contributed by atoms with Crippen LogP contribution in [0.5, 0.6) is 0 Å². The first-order valence-corrected chi connectivity index (χ1v) is 12.6. The molecule has 0 saturated heterocycles. The van der Waals surface area contributed by atoms with E-state index in [1.54, 1.807) is 0 Å². The highest BCUT2D eigenvalue weighted by Crippen LogP contribution is 2.23. The van der Waals surface area contributed by atoms with Crippen molar-refractivity contribution in [3.63, 3.8) is 0 Å². The van der Waals surface area contributed by atoms with Crippen molar-refractivity contribution in [2.24, 2.45) is 0 Å². The van der Waals surface area contributed by atoms with Crippen LogP contribution in [-0.2, 0) is 23.4 Å². The van der Waals surface area contributed by atoms with E-state index in [-0.39, 0.29) is 6.09 Å². The molecule has 0 unspecified atom stereocenters. The average Bonchev–Trinajstić information content (AvgIpc) is 3.23. The first-order chi connectivity index (χ1) is 15.8. The Morgan fingerprint density at radius 2 is 1.88 bits per heavy atom. The van der Waals surface area contributed by atoms with Crippen LogP contribution >= 0.6 is 0 Å². The van der Waals surface area contributed by atoms with Crippen LogP contribution < -0.4 is 9.88 Å². The minimum absolute atomic E-state index is 0.364. The SMILES string of the molecule is C=C(C)c1cccc(C(C)(C)NC(=O)OCCCCCC[n+]2ccn(CCCCCC)c2)c1. The van der Waals surface area contributed by atoms with E-state index in [0.717, 1.165) is 55.5 Å². The van der Waals surface area contributed by atoms with Gasteiger partial charge in [-0.05, 0) is 76.5 Å². The first kappa shape index (κ1) is 26.7. The second-order valence-electron chi connectivity index (χ2n) is 9.61. The zero-order valence-electron chi connectivity index (χ0n) is 21.2. The van der Waals surface area contributed by atoms with Crippen LogP contribution in [0.15, 0.2) is 49.6 Å². The molecule has 0 fully saturated rings. The van der Waals surface area contributed by atoms with Gasteiger partial charge in [0.05, 0.1) is 25.2 Å². The van der Waals surface area contributed by atoms with E-state index in [2.05, 4.69) is 52.7 Å². The summed E-state index contributed by atoms with van der Waals surface area (Å²) in [5, 5.41) is 2.99. The lowest BCUT2D eigenvalue weighted by molar-refractivity contribution is -0.696. The number of hydrogen-bond donors (Lipinski definition) is 1. The fourth-order valence-electron chi connectivity index (χ4n) is 3.88. The smallest absolute Gasteiger partial charge is 0.407 e. The highest BCUT2D eigenvalue weighted by atomic mass is 16.5. The Hall–Kier alpha value is -2.56. The van der Waals surface area contributed by atoms with Crippen molar-refractivity contribution in [2.75, 3.05) is 6.61 Å². The van der Waals surface area contributed by atoms with Gasteiger partial charge in [-0.2, -0.15) is 0 Å². The highest BCUT2D eigenvalue weighted by molar-refractivity contribution is 5.69. The zero-order valence-corrected chi connectivity index (χ0v) is 21.2. The molecule has 0 aliphatic rings. The maximum atomic E-state index is 12.3. The number of nitrogens with zero attached hydrogens (tertiary/aromatic N) is 2. The lowest BCUT2D eigenvalue weighted by atomic mass is 9.92. The predicted molar refractivity (Wildman–Crippen MR) is 136 cm³/mol. The number of hydrogen-bond acceptors (Lipinski definition) is 2. The van der Waals surface area contributed by atoms with Gasteiger partial charge >= 0.3 is 6.09 Å². The van der Waals surface area contributed by atoms with Crippen LogP contribution in [-0.4, -0.2) is 17.3 Å². The fraction of sp³-hybridized carbons (Fsp3) is 0.571. The molecule has 0 aliphatic carbocycles. The van der Waals surface area contributed by atoms with Crippen molar-refractivity contribution in [2.45, 2.75) is 97.7 Å². The highest BCUT2D eigenvalue weighted by Gasteiger charge is 2.23. The average molecular weight is 455 g/mol. The summed E-state index contributed by atoms with van der Waals surface area (Å²) in [5.41, 5.74) is 2.62. The number of alkyl carbamates (subject to hydrolysis) is 1. The summed E-state index contributed by atoms with van der Waals surface area (Å²) in [6.07, 6.45) is 15.6. The molecule has 1 heterocycles. The zero-order chi connectivity index (χ0) is 24.1. The Balaban J connectivity index is 1.58. The summed E-state index contributed by atoms with van der Waals surface area (Å²) in [6, 6.07) is 8.12. The Labute approximate surface area is 200 Å². The Morgan fingerprint density at radius 3 is 2.64 bits per heavy atom. The summed E-state index contributed by atoms with van der Waals surface area (Å²) in [5.74, 6) is 0. The number of ether oxygens (including phenoxy) is 1. The van der Waals surface area contributed by atoms with Gasteiger partial charge in [-0.1, -0.05) is 50.1 Å². The molecule has 1 amide bonds.